The molecule has 1 spiro atoms. The third kappa shape index (κ3) is 3.18. The summed E-state index contributed by atoms with van der Waals surface area (Å²) in [4.78, 5) is 52.3. The number of hydrogen-bond donors (Lipinski definition) is 1. The van der Waals surface area contributed by atoms with E-state index in [1.54, 1.807) is 15.8 Å². The first-order chi connectivity index (χ1) is 15.4. The van der Waals surface area contributed by atoms with E-state index in [2.05, 4.69) is 25.3 Å². The second kappa shape index (κ2) is 7.72. The first-order valence-corrected chi connectivity index (χ1v) is 11.2. The van der Waals surface area contributed by atoms with Crippen molar-refractivity contribution in [2.45, 2.75) is 38.1 Å². The Bertz CT molecular complexity index is 1080. The number of nitrogens with one attached hydrogen (secondary N) is 1. The molecular formula is C21H28N8O3. The van der Waals surface area contributed by atoms with Gasteiger partial charge in [-0.05, 0) is 18.8 Å². The summed E-state index contributed by atoms with van der Waals surface area (Å²) in [5.74, 6) is 0.426. The first-order valence-electron chi connectivity index (χ1n) is 11.2. The van der Waals surface area contributed by atoms with Gasteiger partial charge >= 0.3 is 6.03 Å². The maximum Gasteiger partial charge on any atom is 0.325 e. The van der Waals surface area contributed by atoms with Crippen molar-refractivity contribution in [2.75, 3.05) is 37.6 Å². The fourth-order valence-electron chi connectivity index (χ4n) is 5.24. The first kappa shape index (κ1) is 20.7. The molecule has 0 aromatic carbocycles. The van der Waals surface area contributed by atoms with Crippen molar-refractivity contribution >= 4 is 34.7 Å². The molecule has 0 radical (unpaired) electrons. The number of amides is 4. The van der Waals surface area contributed by atoms with Crippen molar-refractivity contribution in [3.63, 3.8) is 0 Å². The predicted octanol–water partition coefficient (Wildman–Crippen LogP) is 0.513. The number of carbonyl (C=O) groups excluding carboxylic acids is 3. The number of fused-ring (bicyclic) bond motifs is 1. The molecule has 170 valence electrons. The van der Waals surface area contributed by atoms with Crippen LogP contribution in [0.25, 0.3) is 11.0 Å². The lowest BCUT2D eigenvalue weighted by Crippen LogP contribution is -2.55. The van der Waals surface area contributed by atoms with Crippen molar-refractivity contribution < 1.29 is 14.4 Å². The van der Waals surface area contributed by atoms with Crippen molar-refractivity contribution in [1.82, 2.24) is 34.9 Å². The van der Waals surface area contributed by atoms with Crippen molar-refractivity contribution in [1.29, 1.82) is 0 Å². The standard InChI is InChI=1S/C21H28N8O3/c1-14-5-3-4-6-21(14)19(31)29(20(32)25-21)12-16(30)27-7-9-28(10-8-27)18-15-11-24-26(2)17(15)22-13-23-18/h11,13-14H,3-10,12H2,1-2H3,(H,25,32)/t14-,21-/m0/s1. The Kier molecular flexibility index (Phi) is 4.98. The van der Waals surface area contributed by atoms with Gasteiger partial charge in [0.05, 0.1) is 11.6 Å². The molecule has 2 saturated heterocycles. The van der Waals surface area contributed by atoms with E-state index in [4.69, 9.17) is 0 Å². The lowest BCUT2D eigenvalue weighted by atomic mass is 9.73. The minimum atomic E-state index is -0.837. The Morgan fingerprint density at radius 3 is 2.72 bits per heavy atom. The Balaban J connectivity index is 1.23. The summed E-state index contributed by atoms with van der Waals surface area (Å²) < 4.78 is 1.71. The zero-order chi connectivity index (χ0) is 22.5. The van der Waals surface area contributed by atoms with Gasteiger partial charge in [-0.3, -0.25) is 19.2 Å². The average Bonchev–Trinajstić information content (AvgIpc) is 3.29. The maximum atomic E-state index is 13.1. The Hall–Kier alpha value is -3.24. The highest BCUT2D eigenvalue weighted by Gasteiger charge is 2.55. The minimum Gasteiger partial charge on any atom is -0.352 e. The quantitative estimate of drug-likeness (QED) is 0.691. The van der Waals surface area contributed by atoms with E-state index < -0.39 is 11.6 Å². The SMILES string of the molecule is C[C@H]1CCCC[C@]12NC(=O)N(CC(=O)N1CCN(c3ncnc4c3cnn4C)CC1)C2=O. The number of aryl methyl sites for hydroxylation is 1. The Labute approximate surface area is 185 Å². The van der Waals surface area contributed by atoms with Crippen molar-refractivity contribution in [3.05, 3.63) is 12.5 Å². The van der Waals surface area contributed by atoms with Crippen LogP contribution in [0.1, 0.15) is 32.6 Å². The molecular weight excluding hydrogens is 412 g/mol. The van der Waals surface area contributed by atoms with Gasteiger partial charge in [0.25, 0.3) is 5.91 Å². The van der Waals surface area contributed by atoms with Gasteiger partial charge in [-0.15, -0.1) is 0 Å². The van der Waals surface area contributed by atoms with Gasteiger partial charge in [0.2, 0.25) is 5.91 Å². The average molecular weight is 441 g/mol. The highest BCUT2D eigenvalue weighted by Crippen LogP contribution is 2.38. The third-order valence-corrected chi connectivity index (χ3v) is 7.24. The fourth-order valence-corrected chi connectivity index (χ4v) is 5.24. The molecule has 3 aliphatic rings. The topological polar surface area (TPSA) is 117 Å². The molecule has 1 saturated carbocycles. The Morgan fingerprint density at radius 2 is 1.97 bits per heavy atom. The molecule has 4 amide bonds. The number of rotatable bonds is 3. The number of aromatic nitrogens is 4. The van der Waals surface area contributed by atoms with Crippen LogP contribution in [0.15, 0.2) is 12.5 Å². The van der Waals surface area contributed by atoms with E-state index in [0.29, 0.717) is 32.6 Å². The lowest BCUT2D eigenvalue weighted by molar-refractivity contribution is -0.140. The fraction of sp³-hybridized carbons (Fsp3) is 0.619. The second-order valence-corrected chi connectivity index (χ2v) is 9.01. The van der Waals surface area contributed by atoms with Crippen molar-refractivity contribution in [3.8, 4) is 0 Å². The summed E-state index contributed by atoms with van der Waals surface area (Å²) in [6, 6.07) is -0.448. The van der Waals surface area contributed by atoms with E-state index >= 15 is 0 Å². The summed E-state index contributed by atoms with van der Waals surface area (Å²) in [6.07, 6.45) is 6.80. The molecule has 11 nitrogen and oxygen atoms in total. The molecule has 11 heteroatoms. The molecule has 2 aromatic heterocycles. The largest absolute Gasteiger partial charge is 0.352 e. The van der Waals surface area contributed by atoms with Crippen LogP contribution in [-0.2, 0) is 16.6 Å². The monoisotopic (exact) mass is 440 g/mol. The van der Waals surface area contributed by atoms with Crippen LogP contribution in [0.5, 0.6) is 0 Å². The molecule has 0 bridgehead atoms. The molecule has 2 atom stereocenters. The molecule has 32 heavy (non-hydrogen) atoms. The number of imide groups is 1. The summed E-state index contributed by atoms with van der Waals surface area (Å²) in [5, 5.41) is 8.04. The number of hydrogen-bond acceptors (Lipinski definition) is 7. The molecule has 1 aliphatic carbocycles. The van der Waals surface area contributed by atoms with Crippen LogP contribution >= 0.6 is 0 Å². The molecule has 0 unspecified atom stereocenters. The van der Waals surface area contributed by atoms with E-state index in [-0.39, 0.29) is 24.3 Å². The summed E-state index contributed by atoms with van der Waals surface area (Å²) in [7, 11) is 1.84. The Morgan fingerprint density at radius 1 is 1.19 bits per heavy atom. The van der Waals surface area contributed by atoms with Crippen LogP contribution < -0.4 is 10.2 Å². The summed E-state index contributed by atoms with van der Waals surface area (Å²) in [6.45, 7) is 4.00. The van der Waals surface area contributed by atoms with E-state index in [0.717, 1.165) is 41.0 Å². The van der Waals surface area contributed by atoms with Crippen molar-refractivity contribution in [2.24, 2.45) is 13.0 Å². The lowest BCUT2D eigenvalue weighted by Gasteiger charge is -2.37. The van der Waals surface area contributed by atoms with Gasteiger partial charge in [-0.1, -0.05) is 19.8 Å². The molecule has 1 N–H and O–H groups in total. The number of piperazine rings is 1. The summed E-state index contributed by atoms with van der Waals surface area (Å²) in [5.41, 5.74) is -0.0749. The van der Waals surface area contributed by atoms with Crippen LogP contribution in [0.3, 0.4) is 0 Å². The van der Waals surface area contributed by atoms with Crippen LogP contribution in [0, 0.1) is 5.92 Å². The van der Waals surface area contributed by atoms with E-state index in [1.165, 1.54) is 6.33 Å². The van der Waals surface area contributed by atoms with Gasteiger partial charge in [0, 0.05) is 33.2 Å². The molecule has 4 heterocycles. The van der Waals surface area contributed by atoms with E-state index in [9.17, 15) is 14.4 Å². The highest BCUT2D eigenvalue weighted by molar-refractivity contribution is 6.09. The van der Waals surface area contributed by atoms with Gasteiger partial charge in [-0.25, -0.2) is 14.8 Å². The number of urea groups is 1. The van der Waals surface area contributed by atoms with E-state index in [1.807, 2.05) is 14.0 Å². The smallest absolute Gasteiger partial charge is 0.325 e. The normalized spacial score (nSPS) is 26.3. The third-order valence-electron chi connectivity index (χ3n) is 7.24. The number of carbonyl (C=O) groups is 3. The predicted molar refractivity (Wildman–Crippen MR) is 116 cm³/mol. The van der Waals surface area contributed by atoms with Crippen LogP contribution in [-0.4, -0.2) is 85.7 Å². The molecule has 3 fully saturated rings. The highest BCUT2D eigenvalue weighted by atomic mass is 16.2. The van der Waals surface area contributed by atoms with Crippen LogP contribution in [0.2, 0.25) is 0 Å². The zero-order valence-electron chi connectivity index (χ0n) is 18.5. The number of anilines is 1. The summed E-state index contributed by atoms with van der Waals surface area (Å²) >= 11 is 0. The van der Waals surface area contributed by atoms with Crippen LogP contribution in [0.4, 0.5) is 10.6 Å². The zero-order valence-corrected chi connectivity index (χ0v) is 18.5. The minimum absolute atomic E-state index is 0.0773. The van der Waals surface area contributed by atoms with Gasteiger partial charge in [-0.2, -0.15) is 5.10 Å². The van der Waals surface area contributed by atoms with Gasteiger partial charge < -0.3 is 15.1 Å². The second-order valence-electron chi connectivity index (χ2n) is 9.01. The molecule has 5 rings (SSSR count). The molecule has 2 aromatic rings. The molecule has 2 aliphatic heterocycles. The van der Waals surface area contributed by atoms with Gasteiger partial charge in [0.15, 0.2) is 5.65 Å². The maximum absolute atomic E-state index is 13.1. The van der Waals surface area contributed by atoms with Gasteiger partial charge in [0.1, 0.15) is 24.2 Å². The number of nitrogens with zero attached hydrogens (tertiary/aromatic N) is 7.